The molecule has 1 unspecified atom stereocenters. The number of hydrogen-bond donors (Lipinski definition) is 1. The summed E-state index contributed by atoms with van der Waals surface area (Å²) in [4.78, 5) is 28.1. The Balaban J connectivity index is 1.69. The van der Waals surface area contributed by atoms with Crippen molar-refractivity contribution in [2.75, 3.05) is 18.6 Å². The average Bonchev–Trinajstić information content (AvgIpc) is 3.10. The number of hydrogen-bond acceptors (Lipinski definition) is 5. The molecular weight excluding hydrogens is 348 g/mol. The number of carbonyl (C=O) groups excluding carboxylic acids is 2. The van der Waals surface area contributed by atoms with Crippen LogP contribution in [0.15, 0.2) is 54.6 Å². The van der Waals surface area contributed by atoms with Gasteiger partial charge in [0.05, 0.1) is 5.69 Å². The SMILES string of the molecule is COC12N(C(=O)OCc3ccccc3)CC(=O)N1c1ccccc1[C@]2(C)O. The van der Waals surface area contributed by atoms with E-state index in [2.05, 4.69) is 0 Å². The van der Waals surface area contributed by atoms with E-state index in [4.69, 9.17) is 9.47 Å². The first kappa shape index (κ1) is 17.5. The summed E-state index contributed by atoms with van der Waals surface area (Å²) < 4.78 is 11.1. The number of ether oxygens (including phenoxy) is 2. The zero-order valence-corrected chi connectivity index (χ0v) is 15.1. The molecule has 2 aliphatic rings. The molecule has 0 aliphatic carbocycles. The van der Waals surface area contributed by atoms with Gasteiger partial charge in [0, 0.05) is 12.7 Å². The van der Waals surface area contributed by atoms with Gasteiger partial charge in [-0.2, -0.15) is 0 Å². The van der Waals surface area contributed by atoms with Gasteiger partial charge in [-0.05, 0) is 18.6 Å². The van der Waals surface area contributed by atoms with Crippen molar-refractivity contribution in [2.45, 2.75) is 25.0 Å². The number of nitrogens with zero attached hydrogens (tertiary/aromatic N) is 2. The first-order valence-electron chi connectivity index (χ1n) is 8.62. The Morgan fingerprint density at radius 3 is 2.52 bits per heavy atom. The fourth-order valence-electron chi connectivity index (χ4n) is 4.02. The van der Waals surface area contributed by atoms with E-state index in [1.807, 2.05) is 30.3 Å². The van der Waals surface area contributed by atoms with Crippen LogP contribution in [0.3, 0.4) is 0 Å². The molecule has 2 aliphatic heterocycles. The molecule has 7 nitrogen and oxygen atoms in total. The summed E-state index contributed by atoms with van der Waals surface area (Å²) in [6, 6.07) is 16.2. The average molecular weight is 368 g/mol. The largest absolute Gasteiger partial charge is 0.444 e. The molecule has 2 amide bonds. The van der Waals surface area contributed by atoms with Crippen LogP contribution in [-0.2, 0) is 26.5 Å². The van der Waals surface area contributed by atoms with Gasteiger partial charge in [-0.1, -0.05) is 48.5 Å². The molecule has 7 heteroatoms. The predicted molar refractivity (Wildman–Crippen MR) is 96.6 cm³/mol. The molecular formula is C20H20N2O5. The standard InChI is InChI=1S/C20H20N2O5/c1-19(25)15-10-6-7-11-16(15)22-17(23)12-21(20(19,22)26-2)18(24)27-13-14-8-4-3-5-9-14/h3-11,25H,12-13H2,1-2H3/t19-,20?/m0/s1. The molecule has 2 aromatic rings. The highest BCUT2D eigenvalue weighted by atomic mass is 16.6. The molecule has 0 spiro atoms. The Kier molecular flexibility index (Phi) is 3.94. The van der Waals surface area contributed by atoms with Crippen molar-refractivity contribution in [3.8, 4) is 0 Å². The normalized spacial score (nSPS) is 26.1. The summed E-state index contributed by atoms with van der Waals surface area (Å²) in [6.07, 6.45) is -0.732. The fourth-order valence-corrected chi connectivity index (χ4v) is 4.02. The highest BCUT2D eigenvalue weighted by Gasteiger charge is 2.70. The topological polar surface area (TPSA) is 79.3 Å². The first-order chi connectivity index (χ1) is 12.9. The van der Waals surface area contributed by atoms with Crippen LogP contribution >= 0.6 is 0 Å². The van der Waals surface area contributed by atoms with Crippen LogP contribution in [0.5, 0.6) is 0 Å². The lowest BCUT2D eigenvalue weighted by Gasteiger charge is -2.43. The Bertz CT molecular complexity index is 898. The van der Waals surface area contributed by atoms with Crippen molar-refractivity contribution in [1.29, 1.82) is 0 Å². The Hall–Kier alpha value is -2.90. The van der Waals surface area contributed by atoms with Crippen LogP contribution in [0.4, 0.5) is 10.5 Å². The second kappa shape index (κ2) is 6.07. The molecule has 0 radical (unpaired) electrons. The molecule has 1 fully saturated rings. The fraction of sp³-hybridized carbons (Fsp3) is 0.300. The lowest BCUT2D eigenvalue weighted by atomic mass is 9.93. The summed E-state index contributed by atoms with van der Waals surface area (Å²) in [5.41, 5.74) is 0.227. The third kappa shape index (κ3) is 2.28. The number of carbonyl (C=O) groups is 2. The number of anilines is 1. The van der Waals surface area contributed by atoms with Gasteiger partial charge < -0.3 is 14.6 Å². The molecule has 1 saturated heterocycles. The minimum Gasteiger partial charge on any atom is -0.444 e. The van der Waals surface area contributed by atoms with Crippen LogP contribution < -0.4 is 4.90 Å². The van der Waals surface area contributed by atoms with E-state index < -0.39 is 17.5 Å². The zero-order valence-electron chi connectivity index (χ0n) is 15.1. The maximum atomic E-state index is 12.8. The summed E-state index contributed by atoms with van der Waals surface area (Å²) in [5.74, 6) is -2.04. The molecule has 140 valence electrons. The number of rotatable bonds is 3. The third-order valence-electron chi connectivity index (χ3n) is 5.23. The zero-order chi connectivity index (χ0) is 19.2. The van der Waals surface area contributed by atoms with Gasteiger partial charge in [-0.25, -0.2) is 9.69 Å². The Morgan fingerprint density at radius 2 is 1.81 bits per heavy atom. The first-order valence-corrected chi connectivity index (χ1v) is 8.62. The number of benzene rings is 2. The van der Waals surface area contributed by atoms with Gasteiger partial charge in [-0.3, -0.25) is 9.69 Å². The predicted octanol–water partition coefficient (Wildman–Crippen LogP) is 2.19. The summed E-state index contributed by atoms with van der Waals surface area (Å²) >= 11 is 0. The molecule has 2 heterocycles. The highest BCUT2D eigenvalue weighted by Crippen LogP contribution is 2.54. The molecule has 2 atom stereocenters. The number of aliphatic hydroxyl groups is 1. The lowest BCUT2D eigenvalue weighted by Crippen LogP contribution is -2.65. The van der Waals surface area contributed by atoms with Crippen LogP contribution in [0.2, 0.25) is 0 Å². The van der Waals surface area contributed by atoms with Crippen molar-refractivity contribution in [2.24, 2.45) is 0 Å². The van der Waals surface area contributed by atoms with Crippen molar-refractivity contribution in [3.05, 3.63) is 65.7 Å². The summed E-state index contributed by atoms with van der Waals surface area (Å²) in [6.45, 7) is 1.34. The summed E-state index contributed by atoms with van der Waals surface area (Å²) in [5, 5.41) is 11.3. The van der Waals surface area contributed by atoms with Crippen molar-refractivity contribution in [3.63, 3.8) is 0 Å². The van der Waals surface area contributed by atoms with Gasteiger partial charge >= 0.3 is 6.09 Å². The molecule has 0 aromatic heterocycles. The van der Waals surface area contributed by atoms with Gasteiger partial charge in [0.2, 0.25) is 0 Å². The van der Waals surface area contributed by atoms with E-state index in [1.165, 1.54) is 18.9 Å². The number of para-hydroxylation sites is 1. The molecule has 1 N–H and O–H groups in total. The van der Waals surface area contributed by atoms with Gasteiger partial charge in [-0.15, -0.1) is 0 Å². The monoisotopic (exact) mass is 368 g/mol. The van der Waals surface area contributed by atoms with Gasteiger partial charge in [0.25, 0.3) is 11.8 Å². The van der Waals surface area contributed by atoms with Crippen LogP contribution in [0.25, 0.3) is 0 Å². The third-order valence-corrected chi connectivity index (χ3v) is 5.23. The number of fused-ring (bicyclic) bond motifs is 3. The lowest BCUT2D eigenvalue weighted by molar-refractivity contribution is -0.212. The van der Waals surface area contributed by atoms with Gasteiger partial charge in [0.15, 0.2) is 5.60 Å². The van der Waals surface area contributed by atoms with Crippen LogP contribution in [0.1, 0.15) is 18.1 Å². The van der Waals surface area contributed by atoms with E-state index in [1.54, 1.807) is 24.3 Å². The highest BCUT2D eigenvalue weighted by molar-refractivity contribution is 6.03. The second-order valence-corrected chi connectivity index (χ2v) is 6.76. The Morgan fingerprint density at radius 1 is 1.15 bits per heavy atom. The quantitative estimate of drug-likeness (QED) is 0.898. The molecule has 0 bridgehead atoms. The molecule has 2 aromatic carbocycles. The van der Waals surface area contributed by atoms with Crippen LogP contribution in [0, 0.1) is 0 Å². The summed E-state index contributed by atoms with van der Waals surface area (Å²) in [7, 11) is 1.36. The van der Waals surface area contributed by atoms with Crippen LogP contribution in [-0.4, -0.2) is 41.5 Å². The molecule has 4 rings (SSSR count). The minimum atomic E-state index is -1.69. The molecule has 27 heavy (non-hydrogen) atoms. The van der Waals surface area contributed by atoms with E-state index in [-0.39, 0.29) is 19.1 Å². The van der Waals surface area contributed by atoms with Crippen molar-refractivity contribution < 1.29 is 24.2 Å². The molecule has 0 saturated carbocycles. The smallest absolute Gasteiger partial charge is 0.414 e. The van der Waals surface area contributed by atoms with Crippen molar-refractivity contribution >= 4 is 17.7 Å². The second-order valence-electron chi connectivity index (χ2n) is 6.76. The maximum Gasteiger partial charge on any atom is 0.414 e. The van der Waals surface area contributed by atoms with E-state index in [0.717, 1.165) is 10.5 Å². The van der Waals surface area contributed by atoms with E-state index in [0.29, 0.717) is 11.3 Å². The maximum absolute atomic E-state index is 12.8. The van der Waals surface area contributed by atoms with E-state index in [9.17, 15) is 14.7 Å². The number of methoxy groups -OCH3 is 1. The van der Waals surface area contributed by atoms with Gasteiger partial charge in [0.1, 0.15) is 13.2 Å². The number of amides is 2. The van der Waals surface area contributed by atoms with E-state index >= 15 is 0 Å². The Labute approximate surface area is 156 Å². The minimum absolute atomic E-state index is 0.0548. The van der Waals surface area contributed by atoms with Crippen molar-refractivity contribution in [1.82, 2.24) is 4.90 Å².